The number of ether oxygens (including phenoxy) is 1. The fraction of sp³-hybridized carbons (Fsp3) is 0.520. The summed E-state index contributed by atoms with van der Waals surface area (Å²) in [6.45, 7) is 6.63. The number of alkyl halides is 3. The predicted molar refractivity (Wildman–Crippen MR) is 124 cm³/mol. The quantitative estimate of drug-likeness (QED) is 0.691. The van der Waals surface area contributed by atoms with Gasteiger partial charge in [0, 0.05) is 44.5 Å². The lowest BCUT2D eigenvalue weighted by Crippen LogP contribution is -2.61. The molecular weight excluding hydrogens is 461 g/mol. The summed E-state index contributed by atoms with van der Waals surface area (Å²) in [6, 6.07) is 7.55. The zero-order valence-corrected chi connectivity index (χ0v) is 20.4. The zero-order valence-electron chi connectivity index (χ0n) is 20.4. The molecule has 0 aliphatic carbocycles. The fourth-order valence-electron chi connectivity index (χ4n) is 5.30. The number of carbonyl (C=O) groups is 2. The molecule has 0 atom stereocenters. The molecule has 190 valence electrons. The lowest BCUT2D eigenvalue weighted by molar-refractivity contribution is -0.144. The Hall–Kier alpha value is -3.17. The first kappa shape index (κ1) is 24.9. The van der Waals surface area contributed by atoms with Crippen LogP contribution < -0.4 is 10.1 Å². The molecule has 10 heteroatoms. The van der Waals surface area contributed by atoms with Gasteiger partial charge in [-0.25, -0.2) is 4.79 Å². The molecule has 2 aliphatic rings. The molecule has 0 saturated carbocycles. The number of hydrogen-bond acceptors (Lipinski definition) is 3. The molecule has 3 amide bonds. The number of benzene rings is 1. The van der Waals surface area contributed by atoms with Gasteiger partial charge < -0.3 is 24.4 Å². The van der Waals surface area contributed by atoms with Crippen LogP contribution in [0.1, 0.15) is 54.0 Å². The number of likely N-dealkylation sites (tertiary alicyclic amines) is 1. The molecule has 1 saturated heterocycles. The minimum atomic E-state index is -4.48. The Morgan fingerprint density at radius 3 is 2.31 bits per heavy atom. The van der Waals surface area contributed by atoms with Crippen molar-refractivity contribution in [2.45, 2.75) is 58.0 Å². The summed E-state index contributed by atoms with van der Waals surface area (Å²) in [5.41, 5.74) is 0.236. The Bertz CT molecular complexity index is 1120. The maximum atomic E-state index is 13.6. The molecule has 0 unspecified atom stereocenters. The van der Waals surface area contributed by atoms with Crippen LogP contribution in [0.25, 0.3) is 0 Å². The van der Waals surface area contributed by atoms with Crippen LogP contribution in [-0.2, 0) is 18.3 Å². The maximum absolute atomic E-state index is 13.6. The summed E-state index contributed by atoms with van der Waals surface area (Å²) in [5.74, 6) is 0.575. The first-order valence-electron chi connectivity index (χ1n) is 11.8. The Labute approximate surface area is 202 Å². The normalized spacial score (nSPS) is 17.5. The van der Waals surface area contributed by atoms with Crippen molar-refractivity contribution in [2.24, 2.45) is 0 Å². The van der Waals surface area contributed by atoms with E-state index < -0.39 is 17.4 Å². The fourth-order valence-corrected chi connectivity index (χ4v) is 5.30. The number of carbonyl (C=O) groups excluding carboxylic acids is 2. The largest absolute Gasteiger partial charge is 0.491 e. The van der Waals surface area contributed by atoms with Crippen LogP contribution in [0, 0.1) is 6.92 Å². The monoisotopic (exact) mass is 492 g/mol. The van der Waals surface area contributed by atoms with Gasteiger partial charge in [-0.2, -0.15) is 13.2 Å². The summed E-state index contributed by atoms with van der Waals surface area (Å²) in [4.78, 5) is 29.3. The molecule has 1 aromatic carbocycles. The highest BCUT2D eigenvalue weighted by molar-refractivity contribution is 5.94. The number of hydrogen-bond donors (Lipinski definition) is 1. The third kappa shape index (κ3) is 4.46. The van der Waals surface area contributed by atoms with E-state index in [9.17, 15) is 22.8 Å². The molecule has 0 radical (unpaired) electrons. The number of piperidine rings is 1. The van der Waals surface area contributed by atoms with Gasteiger partial charge in [-0.3, -0.25) is 4.79 Å². The van der Waals surface area contributed by atoms with Crippen LogP contribution >= 0.6 is 0 Å². The first-order valence-corrected chi connectivity index (χ1v) is 11.8. The third-order valence-corrected chi connectivity index (χ3v) is 6.93. The van der Waals surface area contributed by atoms with Crippen molar-refractivity contribution in [3.05, 3.63) is 52.8 Å². The molecule has 35 heavy (non-hydrogen) atoms. The number of nitrogens with one attached hydrogen (secondary N) is 1. The van der Waals surface area contributed by atoms with Crippen LogP contribution in [0.3, 0.4) is 0 Å². The van der Waals surface area contributed by atoms with Gasteiger partial charge >= 0.3 is 12.2 Å². The summed E-state index contributed by atoms with van der Waals surface area (Å²) >= 11 is 0. The predicted octanol–water partition coefficient (Wildman–Crippen LogP) is 4.39. The Morgan fingerprint density at radius 2 is 1.74 bits per heavy atom. The Morgan fingerprint density at radius 1 is 1.06 bits per heavy atom. The third-order valence-electron chi connectivity index (χ3n) is 6.93. The van der Waals surface area contributed by atoms with Crippen molar-refractivity contribution in [1.29, 1.82) is 0 Å². The zero-order chi connectivity index (χ0) is 25.5. The van der Waals surface area contributed by atoms with Crippen molar-refractivity contribution in [2.75, 3.05) is 26.7 Å². The summed E-state index contributed by atoms with van der Waals surface area (Å²) in [5, 5.41) is 2.62. The molecule has 2 aliphatic heterocycles. The number of fused-ring (bicyclic) bond motifs is 2. The van der Waals surface area contributed by atoms with E-state index in [2.05, 4.69) is 5.32 Å². The molecule has 4 rings (SSSR count). The second-order valence-electron chi connectivity index (χ2n) is 9.43. The van der Waals surface area contributed by atoms with Gasteiger partial charge in [0.1, 0.15) is 11.4 Å². The molecule has 0 bridgehead atoms. The van der Waals surface area contributed by atoms with E-state index >= 15 is 0 Å². The lowest BCUT2D eigenvalue weighted by atomic mass is 9.81. The Balaban J connectivity index is 1.59. The SMILES string of the molecule is CNC(=O)N1CCn2c(C(F)(F)F)ccc2C12CCN(C(=O)c1ccc(OC(C)C)c(C)c1)CC2. The Kier molecular flexibility index (Phi) is 6.50. The van der Waals surface area contributed by atoms with Crippen LogP contribution in [-0.4, -0.2) is 59.1 Å². The van der Waals surface area contributed by atoms with Gasteiger partial charge in [-0.05, 0) is 69.5 Å². The number of rotatable bonds is 3. The summed E-state index contributed by atoms with van der Waals surface area (Å²) in [6.07, 6.45) is -3.76. The average molecular weight is 493 g/mol. The van der Waals surface area contributed by atoms with E-state index in [-0.39, 0.29) is 31.1 Å². The highest BCUT2D eigenvalue weighted by Crippen LogP contribution is 2.44. The van der Waals surface area contributed by atoms with Gasteiger partial charge in [-0.1, -0.05) is 0 Å². The van der Waals surface area contributed by atoms with Crippen LogP contribution in [0.4, 0.5) is 18.0 Å². The number of amides is 3. The van der Waals surface area contributed by atoms with E-state index in [1.165, 1.54) is 17.7 Å². The van der Waals surface area contributed by atoms with Crippen molar-refractivity contribution < 1.29 is 27.5 Å². The van der Waals surface area contributed by atoms with Gasteiger partial charge in [0.05, 0.1) is 11.6 Å². The van der Waals surface area contributed by atoms with E-state index in [1.807, 2.05) is 20.8 Å². The van der Waals surface area contributed by atoms with Crippen LogP contribution in [0.2, 0.25) is 0 Å². The second kappa shape index (κ2) is 9.13. The topological polar surface area (TPSA) is 66.8 Å². The minimum Gasteiger partial charge on any atom is -0.491 e. The van der Waals surface area contributed by atoms with E-state index in [4.69, 9.17) is 4.74 Å². The molecule has 7 nitrogen and oxygen atoms in total. The molecule has 1 spiro atoms. The highest BCUT2D eigenvalue weighted by Gasteiger charge is 2.50. The van der Waals surface area contributed by atoms with Gasteiger partial charge in [0.15, 0.2) is 0 Å². The molecule has 3 heterocycles. The first-order chi connectivity index (χ1) is 16.5. The van der Waals surface area contributed by atoms with Crippen molar-refractivity contribution in [3.63, 3.8) is 0 Å². The average Bonchev–Trinajstić information content (AvgIpc) is 3.26. The van der Waals surface area contributed by atoms with E-state index in [0.717, 1.165) is 17.4 Å². The van der Waals surface area contributed by atoms with Crippen LogP contribution in [0.5, 0.6) is 5.75 Å². The van der Waals surface area contributed by atoms with Crippen molar-refractivity contribution in [3.8, 4) is 5.75 Å². The number of aryl methyl sites for hydroxylation is 1. The number of aromatic nitrogens is 1. The lowest BCUT2D eigenvalue weighted by Gasteiger charge is -2.51. The highest BCUT2D eigenvalue weighted by atomic mass is 19.4. The number of nitrogens with zero attached hydrogens (tertiary/aromatic N) is 3. The summed E-state index contributed by atoms with van der Waals surface area (Å²) in [7, 11) is 1.51. The van der Waals surface area contributed by atoms with Crippen LogP contribution in [0.15, 0.2) is 30.3 Å². The van der Waals surface area contributed by atoms with Crippen molar-refractivity contribution >= 4 is 11.9 Å². The standard InChI is InChI=1S/C25H31F3N4O3/c1-16(2)35-19-6-5-18(15-17(19)3)22(33)30-11-9-24(10-12-30)20-7-8-21(25(26,27)28)31(20)13-14-32(24)23(34)29-4/h5-8,15-16H,9-14H2,1-4H3,(H,29,34). The number of halogens is 3. The van der Waals surface area contributed by atoms with E-state index in [1.54, 1.807) is 28.0 Å². The summed E-state index contributed by atoms with van der Waals surface area (Å²) < 4.78 is 47.8. The van der Waals surface area contributed by atoms with Gasteiger partial charge in [0.2, 0.25) is 0 Å². The van der Waals surface area contributed by atoms with Gasteiger partial charge in [0.25, 0.3) is 5.91 Å². The molecule has 1 aromatic heterocycles. The second-order valence-corrected chi connectivity index (χ2v) is 9.43. The molecule has 1 fully saturated rings. The van der Waals surface area contributed by atoms with Crippen molar-refractivity contribution in [1.82, 2.24) is 19.7 Å². The maximum Gasteiger partial charge on any atom is 0.431 e. The minimum absolute atomic E-state index is 0.0177. The molecule has 1 N–H and O–H groups in total. The molecule has 2 aromatic rings. The van der Waals surface area contributed by atoms with Gasteiger partial charge in [-0.15, -0.1) is 0 Å². The molecular formula is C25H31F3N4O3. The smallest absolute Gasteiger partial charge is 0.431 e. The van der Waals surface area contributed by atoms with E-state index in [0.29, 0.717) is 37.2 Å². The number of urea groups is 1.